The maximum atomic E-state index is 6.06. The van der Waals surface area contributed by atoms with E-state index in [0.717, 1.165) is 12.3 Å². The molecule has 0 bridgehead atoms. The molecule has 3 nitrogen and oxygen atoms in total. The Balaban J connectivity index is 3.06. The van der Waals surface area contributed by atoms with Crippen LogP contribution >= 0.6 is 0 Å². The molecule has 1 aromatic carbocycles. The summed E-state index contributed by atoms with van der Waals surface area (Å²) in [6, 6.07) is 4.07. The lowest BCUT2D eigenvalue weighted by atomic mass is 9.97. The van der Waals surface area contributed by atoms with E-state index in [4.69, 9.17) is 10.5 Å². The molecule has 0 saturated carbocycles. The van der Waals surface area contributed by atoms with Crippen LogP contribution in [0, 0.1) is 13.8 Å². The fourth-order valence-corrected chi connectivity index (χ4v) is 1.77. The van der Waals surface area contributed by atoms with Crippen LogP contribution in [0.3, 0.4) is 0 Å². The second-order valence-corrected chi connectivity index (χ2v) is 3.77. The van der Waals surface area contributed by atoms with Crippen molar-refractivity contribution in [3.8, 4) is 5.75 Å². The molecule has 0 aliphatic carbocycles. The van der Waals surface area contributed by atoms with Crippen molar-refractivity contribution in [2.45, 2.75) is 19.9 Å². The number of rotatable bonds is 4. The Hall–Kier alpha value is -1.06. The largest absolute Gasteiger partial charge is 0.496 e. The molecule has 1 atom stereocenters. The molecular weight excluding hydrogens is 188 g/mol. The van der Waals surface area contributed by atoms with Crippen molar-refractivity contribution in [1.29, 1.82) is 0 Å². The van der Waals surface area contributed by atoms with Crippen LogP contribution in [0.15, 0.2) is 12.1 Å². The topological polar surface area (TPSA) is 47.3 Å². The number of benzene rings is 1. The minimum Gasteiger partial charge on any atom is -0.496 e. The van der Waals surface area contributed by atoms with Gasteiger partial charge in [0.05, 0.1) is 7.11 Å². The van der Waals surface area contributed by atoms with Crippen LogP contribution in [0.25, 0.3) is 0 Å². The fourth-order valence-electron chi connectivity index (χ4n) is 1.77. The number of nitrogens with two attached hydrogens (primary N) is 1. The lowest BCUT2D eigenvalue weighted by Crippen LogP contribution is -2.24. The highest BCUT2D eigenvalue weighted by Crippen LogP contribution is 2.26. The van der Waals surface area contributed by atoms with Crippen LogP contribution < -0.4 is 15.8 Å². The Kier molecular flexibility index (Phi) is 4.12. The molecule has 1 rings (SSSR count). The Bertz CT molecular complexity index is 337. The van der Waals surface area contributed by atoms with Crippen molar-refractivity contribution in [3.63, 3.8) is 0 Å². The van der Waals surface area contributed by atoms with E-state index in [9.17, 15) is 0 Å². The fraction of sp³-hybridized carbons (Fsp3) is 0.500. The maximum Gasteiger partial charge on any atom is 0.122 e. The van der Waals surface area contributed by atoms with E-state index in [1.54, 1.807) is 7.11 Å². The van der Waals surface area contributed by atoms with Crippen LogP contribution in [-0.4, -0.2) is 20.7 Å². The normalized spacial score (nSPS) is 12.6. The van der Waals surface area contributed by atoms with Crippen molar-refractivity contribution >= 4 is 0 Å². The number of methoxy groups -OCH3 is 1. The molecule has 0 radical (unpaired) electrons. The van der Waals surface area contributed by atoms with Crippen molar-refractivity contribution in [2.24, 2.45) is 5.73 Å². The molecule has 3 N–H and O–H groups in total. The summed E-state index contributed by atoms with van der Waals surface area (Å²) in [7, 11) is 3.60. The zero-order valence-electron chi connectivity index (χ0n) is 9.92. The van der Waals surface area contributed by atoms with E-state index < -0.39 is 0 Å². The second kappa shape index (κ2) is 5.14. The Morgan fingerprint density at radius 3 is 2.53 bits per heavy atom. The van der Waals surface area contributed by atoms with Crippen LogP contribution in [0.1, 0.15) is 22.7 Å². The maximum absolute atomic E-state index is 6.06. The van der Waals surface area contributed by atoms with Gasteiger partial charge in [-0.2, -0.15) is 0 Å². The predicted octanol–water partition coefficient (Wildman–Crippen LogP) is 1.53. The number of ether oxygens (including phenoxy) is 1. The molecule has 15 heavy (non-hydrogen) atoms. The molecular formula is C12H20N2O. The first-order valence-electron chi connectivity index (χ1n) is 5.16. The molecule has 0 spiro atoms. The van der Waals surface area contributed by atoms with Crippen LogP contribution in [0.2, 0.25) is 0 Å². The summed E-state index contributed by atoms with van der Waals surface area (Å²) in [5, 5.41) is 3.08. The van der Waals surface area contributed by atoms with Gasteiger partial charge in [-0.1, -0.05) is 6.07 Å². The van der Waals surface area contributed by atoms with Crippen molar-refractivity contribution in [3.05, 3.63) is 28.8 Å². The van der Waals surface area contributed by atoms with Gasteiger partial charge in [0.25, 0.3) is 0 Å². The highest BCUT2D eigenvalue weighted by molar-refractivity contribution is 5.44. The van der Waals surface area contributed by atoms with Gasteiger partial charge in [-0.25, -0.2) is 0 Å². The zero-order chi connectivity index (χ0) is 11.4. The minimum atomic E-state index is 0.0413. The third-order valence-electron chi connectivity index (χ3n) is 2.82. The summed E-state index contributed by atoms with van der Waals surface area (Å²) in [6.07, 6.45) is 0. The van der Waals surface area contributed by atoms with Gasteiger partial charge in [0, 0.05) is 12.6 Å². The van der Waals surface area contributed by atoms with Gasteiger partial charge in [0.15, 0.2) is 0 Å². The van der Waals surface area contributed by atoms with Crippen LogP contribution in [-0.2, 0) is 0 Å². The first-order valence-corrected chi connectivity index (χ1v) is 5.16. The van der Waals surface area contributed by atoms with Gasteiger partial charge in [0.1, 0.15) is 5.75 Å². The van der Waals surface area contributed by atoms with Gasteiger partial charge >= 0.3 is 0 Å². The summed E-state index contributed by atoms with van der Waals surface area (Å²) in [5.74, 6) is 0.924. The highest BCUT2D eigenvalue weighted by Gasteiger charge is 2.11. The number of hydrogen-bond donors (Lipinski definition) is 2. The van der Waals surface area contributed by atoms with Gasteiger partial charge in [-0.3, -0.25) is 0 Å². The second-order valence-electron chi connectivity index (χ2n) is 3.77. The summed E-state index contributed by atoms with van der Waals surface area (Å²) < 4.78 is 5.26. The predicted molar refractivity (Wildman–Crippen MR) is 63.3 cm³/mol. The molecule has 0 aliphatic rings. The third kappa shape index (κ3) is 2.49. The Morgan fingerprint density at radius 1 is 1.33 bits per heavy atom. The van der Waals surface area contributed by atoms with E-state index in [0.29, 0.717) is 0 Å². The molecule has 0 fully saturated rings. The molecule has 3 heteroatoms. The molecule has 0 saturated heterocycles. The van der Waals surface area contributed by atoms with Crippen molar-refractivity contribution < 1.29 is 4.74 Å². The SMILES string of the molecule is CNCC(N)c1ccc(OC)c(C)c1C. The van der Waals surface area contributed by atoms with E-state index in [1.807, 2.05) is 19.2 Å². The van der Waals surface area contributed by atoms with Gasteiger partial charge < -0.3 is 15.8 Å². The van der Waals surface area contributed by atoms with E-state index >= 15 is 0 Å². The van der Waals surface area contributed by atoms with Gasteiger partial charge in [-0.05, 0) is 43.7 Å². The standard InChI is InChI=1S/C12H20N2O/c1-8-9(2)12(15-4)6-5-10(8)11(13)7-14-3/h5-6,11,14H,7,13H2,1-4H3. The Morgan fingerprint density at radius 2 is 2.00 bits per heavy atom. The molecule has 84 valence electrons. The van der Waals surface area contributed by atoms with Crippen molar-refractivity contribution in [1.82, 2.24) is 5.32 Å². The van der Waals surface area contributed by atoms with Gasteiger partial charge in [0.2, 0.25) is 0 Å². The quantitative estimate of drug-likeness (QED) is 0.789. The minimum absolute atomic E-state index is 0.0413. The number of nitrogens with one attached hydrogen (secondary N) is 1. The van der Waals surface area contributed by atoms with Gasteiger partial charge in [-0.15, -0.1) is 0 Å². The first kappa shape index (κ1) is 12.0. The molecule has 0 aliphatic heterocycles. The summed E-state index contributed by atoms with van der Waals surface area (Å²) in [5.41, 5.74) is 9.63. The van der Waals surface area contributed by atoms with Crippen molar-refractivity contribution in [2.75, 3.05) is 20.7 Å². The highest BCUT2D eigenvalue weighted by atomic mass is 16.5. The summed E-state index contributed by atoms with van der Waals surface area (Å²) in [4.78, 5) is 0. The lowest BCUT2D eigenvalue weighted by Gasteiger charge is -2.17. The lowest BCUT2D eigenvalue weighted by molar-refractivity contribution is 0.411. The number of likely N-dealkylation sites (N-methyl/N-ethyl adjacent to an activating group) is 1. The van der Waals surface area contributed by atoms with E-state index in [-0.39, 0.29) is 6.04 Å². The zero-order valence-corrected chi connectivity index (χ0v) is 9.92. The average Bonchev–Trinajstić information content (AvgIpc) is 2.22. The molecule has 0 heterocycles. The van der Waals surface area contributed by atoms with E-state index in [2.05, 4.69) is 19.2 Å². The van der Waals surface area contributed by atoms with E-state index in [1.165, 1.54) is 16.7 Å². The summed E-state index contributed by atoms with van der Waals surface area (Å²) >= 11 is 0. The molecule has 1 unspecified atom stereocenters. The summed E-state index contributed by atoms with van der Waals surface area (Å²) in [6.45, 7) is 4.93. The molecule has 1 aromatic rings. The average molecular weight is 208 g/mol. The van der Waals surface area contributed by atoms with Crippen LogP contribution in [0.4, 0.5) is 0 Å². The Labute approximate surface area is 91.6 Å². The third-order valence-corrected chi connectivity index (χ3v) is 2.82. The molecule has 0 aromatic heterocycles. The first-order chi connectivity index (χ1) is 7.11. The monoisotopic (exact) mass is 208 g/mol. The number of hydrogen-bond acceptors (Lipinski definition) is 3. The molecule has 0 amide bonds. The smallest absolute Gasteiger partial charge is 0.122 e. The van der Waals surface area contributed by atoms with Crippen LogP contribution in [0.5, 0.6) is 5.75 Å².